The minimum atomic E-state index is 0.852. The maximum Gasteiger partial charge on any atom is 0.0127 e. The second-order valence-electron chi connectivity index (χ2n) is 9.48. The highest BCUT2D eigenvalue weighted by Gasteiger charge is 2.48. The third kappa shape index (κ3) is 3.05. The molecule has 120 valence electrons. The van der Waals surface area contributed by atoms with Crippen molar-refractivity contribution in [3.63, 3.8) is 0 Å². The maximum absolute atomic E-state index is 4.20. The quantitative estimate of drug-likeness (QED) is 0.767. The Hall–Kier alpha value is -0.0400. The van der Waals surface area contributed by atoms with Crippen LogP contribution in [0, 0.1) is 35.5 Å². The fourth-order valence-corrected chi connectivity index (χ4v) is 6.79. The Morgan fingerprint density at radius 2 is 1.52 bits per heavy atom. The fourth-order valence-electron chi connectivity index (χ4n) is 6.79. The lowest BCUT2D eigenvalue weighted by Crippen LogP contribution is -2.57. The Bertz CT molecular complexity index is 333. The molecule has 5 saturated carbocycles. The zero-order valence-corrected chi connectivity index (χ0v) is 14.2. The molecule has 0 saturated heterocycles. The van der Waals surface area contributed by atoms with Gasteiger partial charge in [-0.2, -0.15) is 0 Å². The summed E-state index contributed by atoms with van der Waals surface area (Å²) >= 11 is 0. The molecule has 0 aliphatic heterocycles. The highest BCUT2D eigenvalue weighted by atomic mass is 15.0. The van der Waals surface area contributed by atoms with Gasteiger partial charge < -0.3 is 5.32 Å². The highest BCUT2D eigenvalue weighted by Crippen LogP contribution is 2.54. The molecular formula is C20H35N. The zero-order chi connectivity index (χ0) is 14.4. The van der Waals surface area contributed by atoms with Crippen molar-refractivity contribution in [1.82, 2.24) is 5.32 Å². The SMILES string of the molecule is CC(C)CC1CCCC(NC2C3CC4CC(C3)CC2C4)C1. The first-order chi connectivity index (χ1) is 10.2. The van der Waals surface area contributed by atoms with E-state index < -0.39 is 0 Å². The molecule has 0 aromatic carbocycles. The fraction of sp³-hybridized carbons (Fsp3) is 1.00. The molecule has 2 unspecified atom stereocenters. The first-order valence-electron chi connectivity index (χ1n) is 9.93. The molecule has 0 aromatic heterocycles. The lowest BCUT2D eigenvalue weighted by molar-refractivity contribution is -0.0204. The van der Waals surface area contributed by atoms with E-state index in [4.69, 9.17) is 0 Å². The second-order valence-corrected chi connectivity index (χ2v) is 9.48. The third-order valence-electron chi connectivity index (χ3n) is 7.24. The van der Waals surface area contributed by atoms with Crippen LogP contribution in [0.2, 0.25) is 0 Å². The summed E-state index contributed by atoms with van der Waals surface area (Å²) in [5.41, 5.74) is 0. The molecule has 0 amide bonds. The molecule has 1 heteroatoms. The van der Waals surface area contributed by atoms with E-state index in [1.807, 2.05) is 0 Å². The highest BCUT2D eigenvalue weighted by molar-refractivity contribution is 5.02. The Labute approximate surface area is 131 Å². The summed E-state index contributed by atoms with van der Waals surface area (Å²) in [5.74, 6) is 6.22. The molecule has 2 atom stereocenters. The number of rotatable bonds is 4. The van der Waals surface area contributed by atoms with Crippen LogP contribution in [-0.4, -0.2) is 12.1 Å². The molecule has 5 aliphatic rings. The van der Waals surface area contributed by atoms with Gasteiger partial charge >= 0.3 is 0 Å². The summed E-state index contributed by atoms with van der Waals surface area (Å²) in [6.07, 6.45) is 15.2. The van der Waals surface area contributed by atoms with Crippen LogP contribution in [0.25, 0.3) is 0 Å². The van der Waals surface area contributed by atoms with Crippen LogP contribution >= 0.6 is 0 Å². The van der Waals surface area contributed by atoms with Gasteiger partial charge in [-0.25, -0.2) is 0 Å². The molecule has 0 spiro atoms. The molecule has 5 fully saturated rings. The largest absolute Gasteiger partial charge is 0.311 e. The van der Waals surface area contributed by atoms with Crippen molar-refractivity contribution in [2.75, 3.05) is 0 Å². The van der Waals surface area contributed by atoms with Gasteiger partial charge in [-0.15, -0.1) is 0 Å². The van der Waals surface area contributed by atoms with Gasteiger partial charge in [0.15, 0.2) is 0 Å². The van der Waals surface area contributed by atoms with Gasteiger partial charge in [-0.05, 0) is 86.9 Å². The first kappa shape index (κ1) is 14.5. The van der Waals surface area contributed by atoms with E-state index in [9.17, 15) is 0 Å². The molecule has 0 aromatic rings. The third-order valence-corrected chi connectivity index (χ3v) is 7.24. The summed E-state index contributed by atoms with van der Waals surface area (Å²) in [6, 6.07) is 1.76. The average molecular weight is 290 g/mol. The summed E-state index contributed by atoms with van der Waals surface area (Å²) in [7, 11) is 0. The van der Waals surface area contributed by atoms with E-state index in [0.717, 1.165) is 47.6 Å². The summed E-state index contributed by atoms with van der Waals surface area (Å²) < 4.78 is 0. The van der Waals surface area contributed by atoms with E-state index in [0.29, 0.717) is 0 Å². The van der Waals surface area contributed by atoms with Gasteiger partial charge in [0, 0.05) is 12.1 Å². The molecule has 5 aliphatic carbocycles. The molecule has 4 bridgehead atoms. The minimum absolute atomic E-state index is 0.852. The van der Waals surface area contributed by atoms with Crippen LogP contribution in [0.15, 0.2) is 0 Å². The molecule has 0 heterocycles. The van der Waals surface area contributed by atoms with Crippen LogP contribution in [0.1, 0.15) is 78.1 Å². The minimum Gasteiger partial charge on any atom is -0.311 e. The van der Waals surface area contributed by atoms with Crippen molar-refractivity contribution >= 4 is 0 Å². The number of hydrogen-bond donors (Lipinski definition) is 1. The van der Waals surface area contributed by atoms with Crippen molar-refractivity contribution < 1.29 is 0 Å². The Morgan fingerprint density at radius 3 is 2.14 bits per heavy atom. The number of nitrogens with one attached hydrogen (secondary N) is 1. The average Bonchev–Trinajstić information content (AvgIpc) is 2.42. The van der Waals surface area contributed by atoms with E-state index >= 15 is 0 Å². The van der Waals surface area contributed by atoms with Crippen LogP contribution < -0.4 is 5.32 Å². The zero-order valence-electron chi connectivity index (χ0n) is 14.2. The molecule has 0 radical (unpaired) electrons. The van der Waals surface area contributed by atoms with Gasteiger partial charge in [0.2, 0.25) is 0 Å². The second kappa shape index (κ2) is 5.87. The topological polar surface area (TPSA) is 12.0 Å². The van der Waals surface area contributed by atoms with Crippen molar-refractivity contribution in [3.8, 4) is 0 Å². The Balaban J connectivity index is 1.35. The number of hydrogen-bond acceptors (Lipinski definition) is 1. The monoisotopic (exact) mass is 289 g/mol. The van der Waals surface area contributed by atoms with Gasteiger partial charge in [0.05, 0.1) is 0 Å². The van der Waals surface area contributed by atoms with Crippen LogP contribution in [0.3, 0.4) is 0 Å². The van der Waals surface area contributed by atoms with Gasteiger partial charge in [0.1, 0.15) is 0 Å². The van der Waals surface area contributed by atoms with Crippen molar-refractivity contribution in [2.24, 2.45) is 35.5 Å². The maximum atomic E-state index is 4.20. The molecule has 21 heavy (non-hydrogen) atoms. The lowest BCUT2D eigenvalue weighted by atomic mass is 9.54. The lowest BCUT2D eigenvalue weighted by Gasteiger charge is -2.55. The van der Waals surface area contributed by atoms with E-state index in [1.54, 1.807) is 32.1 Å². The van der Waals surface area contributed by atoms with Gasteiger partial charge in [0.25, 0.3) is 0 Å². The van der Waals surface area contributed by atoms with Crippen molar-refractivity contribution in [2.45, 2.75) is 90.1 Å². The van der Waals surface area contributed by atoms with E-state index in [2.05, 4.69) is 19.2 Å². The molecule has 5 rings (SSSR count). The van der Waals surface area contributed by atoms with Gasteiger partial charge in [-0.3, -0.25) is 0 Å². The van der Waals surface area contributed by atoms with E-state index in [-0.39, 0.29) is 0 Å². The molecule has 1 N–H and O–H groups in total. The predicted molar refractivity (Wildman–Crippen MR) is 89.2 cm³/mol. The van der Waals surface area contributed by atoms with Crippen molar-refractivity contribution in [1.29, 1.82) is 0 Å². The Kier molecular flexibility index (Phi) is 4.07. The van der Waals surface area contributed by atoms with Crippen LogP contribution in [0.4, 0.5) is 0 Å². The summed E-state index contributed by atoms with van der Waals surface area (Å²) in [5, 5.41) is 4.20. The standard InChI is InChI=1S/C20H35N/c1-13(2)6-14-4-3-5-19(12-14)21-20-17-8-15-7-16(10-17)11-18(20)9-15/h13-21H,3-12H2,1-2H3. The smallest absolute Gasteiger partial charge is 0.0127 e. The Morgan fingerprint density at radius 1 is 0.857 bits per heavy atom. The summed E-state index contributed by atoms with van der Waals surface area (Å²) in [4.78, 5) is 0. The molecule has 1 nitrogen and oxygen atoms in total. The summed E-state index contributed by atoms with van der Waals surface area (Å²) in [6.45, 7) is 4.80. The van der Waals surface area contributed by atoms with Crippen LogP contribution in [0.5, 0.6) is 0 Å². The molecular weight excluding hydrogens is 254 g/mol. The predicted octanol–water partition coefficient (Wildman–Crippen LogP) is 5.01. The normalized spacial score (nSPS) is 49.0. The van der Waals surface area contributed by atoms with Crippen molar-refractivity contribution in [3.05, 3.63) is 0 Å². The van der Waals surface area contributed by atoms with Gasteiger partial charge in [-0.1, -0.05) is 26.7 Å². The first-order valence-corrected chi connectivity index (χ1v) is 9.93. The van der Waals surface area contributed by atoms with Crippen LogP contribution in [-0.2, 0) is 0 Å². The van der Waals surface area contributed by atoms with E-state index in [1.165, 1.54) is 32.1 Å².